The van der Waals surface area contributed by atoms with Gasteiger partial charge in [-0.15, -0.1) is 0 Å². The Bertz CT molecular complexity index is 655. The van der Waals surface area contributed by atoms with Crippen LogP contribution in [0, 0.1) is 0 Å². The summed E-state index contributed by atoms with van der Waals surface area (Å²) in [7, 11) is 1.98. The third kappa shape index (κ3) is 2.41. The summed E-state index contributed by atoms with van der Waals surface area (Å²) in [5, 5.41) is 4.62. The Balaban J connectivity index is 2.08. The van der Waals surface area contributed by atoms with Gasteiger partial charge in [0.15, 0.2) is 5.65 Å². The maximum atomic E-state index is 6.22. The molecule has 0 amide bonds. The van der Waals surface area contributed by atoms with Gasteiger partial charge in [0.2, 0.25) is 5.95 Å². The maximum Gasteiger partial charge on any atom is 0.202 e. The monoisotopic (exact) mass is 291 g/mol. The van der Waals surface area contributed by atoms with Crippen LogP contribution in [0.3, 0.4) is 0 Å². The molecule has 6 nitrogen and oxygen atoms in total. The van der Waals surface area contributed by atoms with E-state index in [1.54, 1.807) is 0 Å². The van der Waals surface area contributed by atoms with Crippen LogP contribution in [0.1, 0.15) is 51.8 Å². The average Bonchev–Trinajstić information content (AvgIpc) is 2.87. The van der Waals surface area contributed by atoms with Crippen LogP contribution in [0.4, 0.5) is 5.95 Å². The van der Waals surface area contributed by atoms with Gasteiger partial charge in [0, 0.05) is 19.7 Å². The summed E-state index contributed by atoms with van der Waals surface area (Å²) in [5.74, 6) is 0.595. The van der Waals surface area contributed by atoms with Crippen molar-refractivity contribution in [1.29, 1.82) is 0 Å². The molecule has 0 saturated carbocycles. The molecule has 2 N–H and O–H groups in total. The number of imidazole rings is 1. The second-order valence-corrected chi connectivity index (χ2v) is 6.59. The number of ether oxygens (including phenoxy) is 1. The standard InChI is InChI=1S/C15H25N5O/c1-5-6-11-12-13(19(4)18-11)20(14(16)17-12)10-7-8-21-15(2,3)9-10/h10H,5-9H2,1-4H3,(H2,16,17). The van der Waals surface area contributed by atoms with Gasteiger partial charge in [0.05, 0.1) is 11.3 Å². The fourth-order valence-corrected chi connectivity index (χ4v) is 3.40. The minimum Gasteiger partial charge on any atom is -0.375 e. The van der Waals surface area contributed by atoms with E-state index in [2.05, 4.69) is 35.4 Å². The Morgan fingerprint density at radius 1 is 1.43 bits per heavy atom. The molecule has 6 heteroatoms. The molecule has 116 valence electrons. The van der Waals surface area contributed by atoms with E-state index in [0.717, 1.165) is 49.1 Å². The van der Waals surface area contributed by atoms with E-state index in [-0.39, 0.29) is 5.60 Å². The molecule has 0 aliphatic carbocycles. The van der Waals surface area contributed by atoms with Crippen molar-refractivity contribution in [2.24, 2.45) is 7.05 Å². The van der Waals surface area contributed by atoms with Crippen molar-refractivity contribution in [2.45, 2.75) is 58.1 Å². The normalized spacial score (nSPS) is 22.0. The number of nitrogens with zero attached hydrogens (tertiary/aromatic N) is 4. The van der Waals surface area contributed by atoms with E-state index < -0.39 is 0 Å². The van der Waals surface area contributed by atoms with Crippen molar-refractivity contribution in [3.8, 4) is 0 Å². The lowest BCUT2D eigenvalue weighted by Crippen LogP contribution is -2.35. The van der Waals surface area contributed by atoms with Crippen LogP contribution in [-0.2, 0) is 18.2 Å². The lowest BCUT2D eigenvalue weighted by Gasteiger charge is -2.36. The molecule has 0 bridgehead atoms. The zero-order chi connectivity index (χ0) is 15.2. The average molecular weight is 291 g/mol. The first kappa shape index (κ1) is 14.4. The molecule has 3 rings (SSSR count). The minimum absolute atomic E-state index is 0.114. The van der Waals surface area contributed by atoms with Gasteiger partial charge in [-0.05, 0) is 33.1 Å². The predicted molar refractivity (Wildman–Crippen MR) is 83.2 cm³/mol. The van der Waals surface area contributed by atoms with Crippen molar-refractivity contribution < 1.29 is 4.74 Å². The van der Waals surface area contributed by atoms with Crippen LogP contribution < -0.4 is 5.73 Å². The molecule has 1 aliphatic rings. The van der Waals surface area contributed by atoms with Crippen LogP contribution in [0.25, 0.3) is 11.2 Å². The molecule has 0 spiro atoms. The summed E-state index contributed by atoms with van der Waals surface area (Å²) < 4.78 is 9.90. The Morgan fingerprint density at radius 3 is 2.86 bits per heavy atom. The highest BCUT2D eigenvalue weighted by Crippen LogP contribution is 2.36. The first-order chi connectivity index (χ1) is 9.93. The van der Waals surface area contributed by atoms with E-state index in [0.29, 0.717) is 12.0 Å². The molecular weight excluding hydrogens is 266 g/mol. The van der Waals surface area contributed by atoms with E-state index in [1.165, 1.54) is 0 Å². The molecule has 2 aromatic rings. The van der Waals surface area contributed by atoms with Crippen molar-refractivity contribution in [2.75, 3.05) is 12.3 Å². The Labute approximate surface area is 125 Å². The number of hydrogen-bond acceptors (Lipinski definition) is 4. The SMILES string of the molecule is CCCc1nn(C)c2c1nc(N)n2C1CCOC(C)(C)C1. The smallest absolute Gasteiger partial charge is 0.202 e. The summed E-state index contributed by atoms with van der Waals surface area (Å²) in [5.41, 5.74) is 9.15. The molecule has 0 radical (unpaired) electrons. The van der Waals surface area contributed by atoms with E-state index >= 15 is 0 Å². The zero-order valence-corrected chi connectivity index (χ0v) is 13.4. The first-order valence-corrected chi connectivity index (χ1v) is 7.76. The van der Waals surface area contributed by atoms with Crippen molar-refractivity contribution in [3.05, 3.63) is 5.69 Å². The lowest BCUT2D eigenvalue weighted by atomic mass is 9.94. The molecule has 1 atom stereocenters. The van der Waals surface area contributed by atoms with Gasteiger partial charge in [-0.25, -0.2) is 4.98 Å². The van der Waals surface area contributed by atoms with Crippen molar-refractivity contribution in [1.82, 2.24) is 19.3 Å². The summed E-state index contributed by atoms with van der Waals surface area (Å²) in [6.07, 6.45) is 3.90. The molecule has 0 aromatic carbocycles. The summed E-state index contributed by atoms with van der Waals surface area (Å²) in [6, 6.07) is 0.323. The Kier molecular flexibility index (Phi) is 3.43. The number of fused-ring (bicyclic) bond motifs is 1. The van der Waals surface area contributed by atoms with Gasteiger partial charge >= 0.3 is 0 Å². The van der Waals surface area contributed by atoms with Crippen LogP contribution in [0.5, 0.6) is 0 Å². The second kappa shape index (κ2) is 5.02. The fourth-order valence-electron chi connectivity index (χ4n) is 3.40. The molecule has 1 fully saturated rings. The first-order valence-electron chi connectivity index (χ1n) is 7.76. The van der Waals surface area contributed by atoms with E-state index in [9.17, 15) is 0 Å². The van der Waals surface area contributed by atoms with Crippen LogP contribution in [0.2, 0.25) is 0 Å². The van der Waals surface area contributed by atoms with Crippen LogP contribution in [0.15, 0.2) is 0 Å². The van der Waals surface area contributed by atoms with Crippen LogP contribution in [-0.4, -0.2) is 31.5 Å². The molecular formula is C15H25N5O. The molecule has 3 heterocycles. The van der Waals surface area contributed by atoms with Gasteiger partial charge < -0.3 is 10.5 Å². The highest BCUT2D eigenvalue weighted by atomic mass is 16.5. The summed E-state index contributed by atoms with van der Waals surface area (Å²) >= 11 is 0. The highest BCUT2D eigenvalue weighted by molar-refractivity contribution is 5.78. The number of rotatable bonds is 3. The molecule has 2 aromatic heterocycles. The predicted octanol–water partition coefficient (Wildman–Crippen LogP) is 2.43. The third-order valence-electron chi connectivity index (χ3n) is 4.29. The van der Waals surface area contributed by atoms with Gasteiger partial charge in [-0.1, -0.05) is 13.3 Å². The molecule has 1 unspecified atom stereocenters. The van der Waals surface area contributed by atoms with E-state index in [1.807, 2.05) is 11.7 Å². The van der Waals surface area contributed by atoms with Crippen molar-refractivity contribution >= 4 is 17.1 Å². The number of anilines is 1. The van der Waals surface area contributed by atoms with Gasteiger partial charge in [-0.2, -0.15) is 5.10 Å². The molecule has 1 saturated heterocycles. The fraction of sp³-hybridized carbons (Fsp3) is 0.733. The van der Waals surface area contributed by atoms with Crippen LogP contribution >= 0.6 is 0 Å². The Hall–Kier alpha value is -1.56. The highest BCUT2D eigenvalue weighted by Gasteiger charge is 2.32. The maximum absolute atomic E-state index is 6.22. The quantitative estimate of drug-likeness (QED) is 0.943. The summed E-state index contributed by atoms with van der Waals surface area (Å²) in [6.45, 7) is 7.18. The van der Waals surface area contributed by atoms with Gasteiger partial charge in [0.25, 0.3) is 0 Å². The number of nitrogen functional groups attached to an aromatic ring is 1. The largest absolute Gasteiger partial charge is 0.375 e. The topological polar surface area (TPSA) is 70.9 Å². The number of aryl methyl sites for hydroxylation is 2. The molecule has 21 heavy (non-hydrogen) atoms. The second-order valence-electron chi connectivity index (χ2n) is 6.59. The van der Waals surface area contributed by atoms with Crippen molar-refractivity contribution in [3.63, 3.8) is 0 Å². The minimum atomic E-state index is -0.114. The zero-order valence-electron chi connectivity index (χ0n) is 13.4. The summed E-state index contributed by atoms with van der Waals surface area (Å²) in [4.78, 5) is 4.59. The van der Waals surface area contributed by atoms with Gasteiger partial charge in [-0.3, -0.25) is 9.25 Å². The Morgan fingerprint density at radius 2 is 2.19 bits per heavy atom. The lowest BCUT2D eigenvalue weighted by molar-refractivity contribution is -0.0683. The number of nitrogens with two attached hydrogens (primary N) is 1. The third-order valence-corrected chi connectivity index (χ3v) is 4.29. The van der Waals surface area contributed by atoms with E-state index in [4.69, 9.17) is 10.5 Å². The molecule has 1 aliphatic heterocycles. The van der Waals surface area contributed by atoms with Gasteiger partial charge in [0.1, 0.15) is 5.52 Å². The number of hydrogen-bond donors (Lipinski definition) is 1. The number of aromatic nitrogens is 4.